The molecule has 3 aromatic carbocycles. The van der Waals surface area contributed by atoms with Crippen LogP contribution < -0.4 is 25.6 Å². The summed E-state index contributed by atoms with van der Waals surface area (Å²) in [6.45, 7) is 2.37. The minimum Gasteiger partial charge on any atom is -0.496 e. The van der Waals surface area contributed by atoms with Crippen LogP contribution >= 0.6 is 0 Å². The smallest absolute Gasteiger partial charge is 0.274 e. The lowest BCUT2D eigenvalue weighted by Crippen LogP contribution is -2.54. The standard InChI is InChI=1S/C47H43FN10O7/c1-65-39-7-5-6-34(48)42(39)43-52-19-16-36(53-43)44(61)54-35-12-9-28(33-27-50-18-15-29(33)26-49)24-38(35)56-20-22-57(23-21-56)41(60)8-3-2-4-17-51-30-10-11-31-32(25-30)47(64)58(46(31)63)37-13-14-40(59)55-45(37)62/h5-7,9-12,15-16,18-19,24-25,27,37,51H,2-4,8,13-14,17,20-23H2,1H3,(H,54,61)(H,55,59,62). The fraction of sp³-hybridized carbons (Fsp3) is 0.277. The Morgan fingerprint density at radius 3 is 2.52 bits per heavy atom. The molecule has 1 atom stereocenters. The van der Waals surface area contributed by atoms with E-state index in [2.05, 4.69) is 41.9 Å². The number of unbranched alkanes of at least 4 members (excludes halogenated alkanes) is 2. The largest absolute Gasteiger partial charge is 0.496 e. The Hall–Kier alpha value is -8.07. The summed E-state index contributed by atoms with van der Waals surface area (Å²) in [6, 6.07) is 18.9. The van der Waals surface area contributed by atoms with Crippen LogP contribution in [0.25, 0.3) is 22.5 Å². The second-order valence-corrected chi connectivity index (χ2v) is 15.6. The van der Waals surface area contributed by atoms with E-state index in [-0.39, 0.29) is 52.7 Å². The predicted octanol–water partition coefficient (Wildman–Crippen LogP) is 5.20. The lowest BCUT2D eigenvalue weighted by molar-refractivity contribution is -0.136. The molecule has 0 spiro atoms. The molecule has 2 aromatic heterocycles. The van der Waals surface area contributed by atoms with E-state index in [9.17, 15) is 38.4 Å². The topological polar surface area (TPSA) is 220 Å². The first-order valence-corrected chi connectivity index (χ1v) is 21.1. The molecule has 0 bridgehead atoms. The first-order chi connectivity index (χ1) is 31.5. The Kier molecular flexibility index (Phi) is 12.8. The van der Waals surface area contributed by atoms with Gasteiger partial charge < -0.3 is 25.2 Å². The summed E-state index contributed by atoms with van der Waals surface area (Å²) in [5.41, 5.74) is 3.98. The molecule has 8 rings (SSSR count). The molecule has 65 heavy (non-hydrogen) atoms. The monoisotopic (exact) mass is 878 g/mol. The second-order valence-electron chi connectivity index (χ2n) is 15.6. The van der Waals surface area contributed by atoms with Gasteiger partial charge in [0.1, 0.15) is 23.3 Å². The van der Waals surface area contributed by atoms with Gasteiger partial charge >= 0.3 is 0 Å². The van der Waals surface area contributed by atoms with Crippen molar-refractivity contribution in [1.82, 2.24) is 30.1 Å². The Morgan fingerprint density at radius 2 is 1.74 bits per heavy atom. The summed E-state index contributed by atoms with van der Waals surface area (Å²) in [6.07, 6.45) is 7.20. The van der Waals surface area contributed by atoms with Gasteiger partial charge in [-0.3, -0.25) is 44.0 Å². The average Bonchev–Trinajstić information content (AvgIpc) is 3.57. The summed E-state index contributed by atoms with van der Waals surface area (Å²) < 4.78 is 20.2. The van der Waals surface area contributed by atoms with Crippen molar-refractivity contribution in [1.29, 1.82) is 5.26 Å². The second kappa shape index (κ2) is 19.1. The molecule has 2 fully saturated rings. The third kappa shape index (κ3) is 9.21. The number of hydrogen-bond donors (Lipinski definition) is 3. The molecule has 6 amide bonds. The summed E-state index contributed by atoms with van der Waals surface area (Å²) >= 11 is 0. The van der Waals surface area contributed by atoms with Gasteiger partial charge in [0.05, 0.1) is 46.8 Å². The van der Waals surface area contributed by atoms with Gasteiger partial charge in [0.25, 0.3) is 17.7 Å². The van der Waals surface area contributed by atoms with Crippen LogP contribution in [0.2, 0.25) is 0 Å². The van der Waals surface area contributed by atoms with Crippen LogP contribution in [-0.2, 0) is 14.4 Å². The number of fused-ring (bicyclic) bond motifs is 1. The third-order valence-electron chi connectivity index (χ3n) is 11.6. The normalized spacial score (nSPS) is 15.9. The fourth-order valence-corrected chi connectivity index (χ4v) is 8.22. The van der Waals surface area contributed by atoms with Crippen molar-refractivity contribution in [3.05, 3.63) is 114 Å². The Bertz CT molecular complexity index is 2770. The van der Waals surface area contributed by atoms with Crippen LogP contribution in [0.5, 0.6) is 5.75 Å². The highest BCUT2D eigenvalue weighted by Crippen LogP contribution is 2.35. The fourth-order valence-electron chi connectivity index (χ4n) is 8.22. The first-order valence-electron chi connectivity index (χ1n) is 21.1. The van der Waals surface area contributed by atoms with E-state index in [4.69, 9.17) is 4.74 Å². The highest BCUT2D eigenvalue weighted by atomic mass is 19.1. The number of amides is 6. The first kappa shape index (κ1) is 43.6. The molecule has 0 radical (unpaired) electrons. The van der Waals surface area contributed by atoms with Crippen LogP contribution in [0, 0.1) is 17.1 Å². The maximum Gasteiger partial charge on any atom is 0.274 e. The molecule has 330 valence electrons. The number of imide groups is 2. The van der Waals surface area contributed by atoms with Crippen molar-refractivity contribution in [3.63, 3.8) is 0 Å². The van der Waals surface area contributed by atoms with E-state index in [0.717, 1.165) is 17.7 Å². The molecular weight excluding hydrogens is 836 g/mol. The van der Waals surface area contributed by atoms with E-state index in [1.165, 1.54) is 31.5 Å². The molecule has 1 unspecified atom stereocenters. The zero-order chi connectivity index (χ0) is 45.6. The van der Waals surface area contributed by atoms with E-state index >= 15 is 0 Å². The van der Waals surface area contributed by atoms with Crippen LogP contribution in [0.3, 0.4) is 0 Å². The number of aromatic nitrogens is 3. The van der Waals surface area contributed by atoms with Crippen molar-refractivity contribution in [3.8, 4) is 34.3 Å². The average molecular weight is 879 g/mol. The van der Waals surface area contributed by atoms with Gasteiger partial charge in [-0.15, -0.1) is 0 Å². The number of carbonyl (C=O) groups excluding carboxylic acids is 6. The number of nitrogens with zero attached hydrogens (tertiary/aromatic N) is 7. The lowest BCUT2D eigenvalue weighted by Gasteiger charge is -2.37. The number of hydrogen-bond acceptors (Lipinski definition) is 13. The number of halogens is 1. The van der Waals surface area contributed by atoms with Crippen LogP contribution in [0.1, 0.15) is 75.3 Å². The Labute approximate surface area is 372 Å². The molecule has 3 N–H and O–H groups in total. The molecule has 0 saturated carbocycles. The van der Waals surface area contributed by atoms with E-state index in [1.807, 2.05) is 11.0 Å². The SMILES string of the molecule is COc1cccc(F)c1-c1nccc(C(=O)Nc2ccc(-c3cnccc3C#N)cc2N2CCN(C(=O)CCCCCNc3ccc4c(c3)C(=O)N(C3CCC(=O)NC3=O)C4=O)CC2)n1. The zero-order valence-electron chi connectivity index (χ0n) is 35.3. The highest BCUT2D eigenvalue weighted by molar-refractivity contribution is 6.23. The number of piperazine rings is 1. The van der Waals surface area contributed by atoms with E-state index in [1.54, 1.807) is 54.9 Å². The van der Waals surface area contributed by atoms with Crippen LogP contribution in [0.15, 0.2) is 85.3 Å². The number of carbonyl (C=O) groups is 6. The number of pyridine rings is 1. The predicted molar refractivity (Wildman–Crippen MR) is 235 cm³/mol. The number of rotatable bonds is 14. The summed E-state index contributed by atoms with van der Waals surface area (Å²) in [5, 5.41) is 18.2. The number of methoxy groups -OCH3 is 1. The maximum absolute atomic E-state index is 14.9. The molecule has 3 aliphatic heterocycles. The molecule has 5 heterocycles. The highest BCUT2D eigenvalue weighted by Gasteiger charge is 2.44. The van der Waals surface area contributed by atoms with Gasteiger partial charge in [-0.05, 0) is 79.4 Å². The number of nitriles is 1. The summed E-state index contributed by atoms with van der Waals surface area (Å²) in [5.74, 6) is -3.15. The molecule has 2 saturated heterocycles. The van der Waals surface area contributed by atoms with Gasteiger partial charge in [0, 0.05) is 75.4 Å². The lowest BCUT2D eigenvalue weighted by atomic mass is 10.0. The van der Waals surface area contributed by atoms with E-state index < -0.39 is 41.4 Å². The Balaban J connectivity index is 0.863. The number of ether oxygens (including phenoxy) is 1. The van der Waals surface area contributed by atoms with Crippen molar-refractivity contribution in [2.45, 2.75) is 44.6 Å². The number of anilines is 3. The van der Waals surface area contributed by atoms with Crippen molar-refractivity contribution >= 4 is 52.5 Å². The number of nitrogens with one attached hydrogen (secondary N) is 3. The van der Waals surface area contributed by atoms with Crippen molar-refractivity contribution in [2.24, 2.45) is 0 Å². The summed E-state index contributed by atoms with van der Waals surface area (Å²) in [4.78, 5) is 94.9. The van der Waals surface area contributed by atoms with Crippen molar-refractivity contribution < 1.29 is 37.9 Å². The van der Waals surface area contributed by atoms with Gasteiger partial charge in [-0.2, -0.15) is 5.26 Å². The molecular formula is C47H43FN10O7. The van der Waals surface area contributed by atoms with Crippen LogP contribution in [0.4, 0.5) is 21.5 Å². The maximum atomic E-state index is 14.9. The quantitative estimate of drug-likeness (QED) is 0.0966. The third-order valence-corrected chi connectivity index (χ3v) is 11.6. The Morgan fingerprint density at radius 1 is 0.923 bits per heavy atom. The van der Waals surface area contributed by atoms with Crippen LogP contribution in [-0.4, -0.2) is 106 Å². The van der Waals surface area contributed by atoms with Gasteiger partial charge in [0.15, 0.2) is 5.82 Å². The zero-order valence-corrected chi connectivity index (χ0v) is 35.3. The minimum atomic E-state index is -1.03. The molecule has 0 aliphatic carbocycles. The molecule has 5 aromatic rings. The number of piperidine rings is 1. The minimum absolute atomic E-state index is 0.00180. The molecule has 17 nitrogen and oxygen atoms in total. The summed E-state index contributed by atoms with van der Waals surface area (Å²) in [7, 11) is 1.41. The van der Waals surface area contributed by atoms with Gasteiger partial charge in [0.2, 0.25) is 17.7 Å². The van der Waals surface area contributed by atoms with Gasteiger partial charge in [-0.1, -0.05) is 18.6 Å². The van der Waals surface area contributed by atoms with E-state index in [0.29, 0.717) is 79.3 Å². The number of benzene rings is 3. The van der Waals surface area contributed by atoms with Crippen molar-refractivity contribution in [2.75, 3.05) is 55.4 Å². The van der Waals surface area contributed by atoms with Gasteiger partial charge in [-0.25, -0.2) is 14.4 Å². The molecule has 3 aliphatic rings. The molecule has 18 heteroatoms.